The highest BCUT2D eigenvalue weighted by Gasteiger charge is 2.18. The van der Waals surface area contributed by atoms with Gasteiger partial charge in [-0.3, -0.25) is 0 Å². The third kappa shape index (κ3) is 3.06. The fraction of sp³-hybridized carbons (Fsp3) is 0.316. The monoisotopic (exact) mass is 328 g/mol. The number of halogens is 1. The highest BCUT2D eigenvalue weighted by molar-refractivity contribution is 5.90. The lowest BCUT2D eigenvalue weighted by molar-refractivity contribution is 0.571. The Morgan fingerprint density at radius 1 is 1.00 bits per heavy atom. The molecule has 3 heterocycles. The quantitative estimate of drug-likeness (QED) is 0.646. The van der Waals surface area contributed by atoms with Crippen LogP contribution >= 0.6 is 12.4 Å². The number of hydrogen-bond donors (Lipinski definition) is 0. The lowest BCUT2D eigenvalue weighted by Gasteiger charge is -2.28. The first-order valence-corrected chi connectivity index (χ1v) is 8.03. The summed E-state index contributed by atoms with van der Waals surface area (Å²) in [5.41, 5.74) is 5.23. The summed E-state index contributed by atoms with van der Waals surface area (Å²) in [4.78, 5) is 7.10. The van der Waals surface area contributed by atoms with Crippen LogP contribution in [-0.2, 0) is 0 Å². The van der Waals surface area contributed by atoms with Gasteiger partial charge in [-0.2, -0.15) is 0 Å². The van der Waals surface area contributed by atoms with Gasteiger partial charge in [0.15, 0.2) is 5.58 Å². The molecule has 1 aromatic carbocycles. The first-order valence-electron chi connectivity index (χ1n) is 8.03. The molecule has 1 saturated heterocycles. The number of pyridine rings is 1. The second kappa shape index (κ2) is 6.63. The molecule has 0 bridgehead atoms. The molecule has 0 atom stereocenters. The third-order valence-electron chi connectivity index (χ3n) is 4.34. The number of furan rings is 1. The zero-order valence-corrected chi connectivity index (χ0v) is 14.1. The molecule has 0 spiro atoms. The Morgan fingerprint density at radius 3 is 2.48 bits per heavy atom. The van der Waals surface area contributed by atoms with Crippen molar-refractivity contribution < 1.29 is 4.42 Å². The van der Waals surface area contributed by atoms with Gasteiger partial charge in [-0.1, -0.05) is 30.3 Å². The number of piperidine rings is 1. The van der Waals surface area contributed by atoms with E-state index >= 15 is 0 Å². The number of hydrogen-bond acceptors (Lipinski definition) is 3. The summed E-state index contributed by atoms with van der Waals surface area (Å²) in [7, 11) is 0. The van der Waals surface area contributed by atoms with Crippen molar-refractivity contribution in [1.82, 2.24) is 4.98 Å². The minimum atomic E-state index is 0. The average molecular weight is 329 g/mol. The van der Waals surface area contributed by atoms with Crippen molar-refractivity contribution in [2.75, 3.05) is 18.0 Å². The topological polar surface area (TPSA) is 29.3 Å². The summed E-state index contributed by atoms with van der Waals surface area (Å²) >= 11 is 0. The lowest BCUT2D eigenvalue weighted by atomic mass is 10.1. The van der Waals surface area contributed by atoms with Crippen LogP contribution in [0.4, 0.5) is 5.69 Å². The van der Waals surface area contributed by atoms with Crippen LogP contribution in [0.2, 0.25) is 0 Å². The minimum Gasteiger partial charge on any atom is -0.452 e. The van der Waals surface area contributed by atoms with E-state index in [9.17, 15) is 0 Å². The van der Waals surface area contributed by atoms with Crippen LogP contribution in [-0.4, -0.2) is 18.1 Å². The number of anilines is 1. The summed E-state index contributed by atoms with van der Waals surface area (Å²) in [6, 6.07) is 14.5. The number of aromatic nitrogens is 1. The molecule has 0 saturated carbocycles. The van der Waals surface area contributed by atoms with Crippen LogP contribution < -0.4 is 4.90 Å². The SMILES string of the molecule is Cc1cc(N2CCCCC2)c2oc(-c3ccccc3)cc2n1.Cl. The van der Waals surface area contributed by atoms with Gasteiger partial charge in [0.05, 0.1) is 5.69 Å². The Balaban J connectivity index is 0.00000156. The fourth-order valence-corrected chi connectivity index (χ4v) is 3.25. The molecule has 4 heteroatoms. The Bertz CT molecular complexity index is 792. The van der Waals surface area contributed by atoms with Crippen LogP contribution in [0, 0.1) is 6.92 Å². The summed E-state index contributed by atoms with van der Waals surface area (Å²) < 4.78 is 6.19. The Hall–Kier alpha value is -2.00. The van der Waals surface area contributed by atoms with Crippen LogP contribution in [0.3, 0.4) is 0 Å². The molecule has 3 aromatic rings. The summed E-state index contributed by atoms with van der Waals surface area (Å²) in [5, 5.41) is 0. The van der Waals surface area contributed by atoms with Crippen LogP contribution in [0.15, 0.2) is 46.9 Å². The molecule has 0 radical (unpaired) electrons. The van der Waals surface area contributed by atoms with E-state index in [2.05, 4.69) is 41.1 Å². The maximum atomic E-state index is 6.19. The Labute approximate surface area is 142 Å². The van der Waals surface area contributed by atoms with Crippen LogP contribution in [0.5, 0.6) is 0 Å². The van der Waals surface area contributed by atoms with Gasteiger partial charge in [0.25, 0.3) is 0 Å². The van der Waals surface area contributed by atoms with Gasteiger partial charge >= 0.3 is 0 Å². The van der Waals surface area contributed by atoms with E-state index in [4.69, 9.17) is 4.42 Å². The largest absolute Gasteiger partial charge is 0.452 e. The van der Waals surface area contributed by atoms with E-state index in [0.717, 1.165) is 41.2 Å². The summed E-state index contributed by atoms with van der Waals surface area (Å²) in [6.45, 7) is 4.28. The summed E-state index contributed by atoms with van der Waals surface area (Å²) in [6.07, 6.45) is 3.85. The molecule has 0 aliphatic carbocycles. The molecule has 3 nitrogen and oxygen atoms in total. The van der Waals surface area contributed by atoms with Crippen molar-refractivity contribution in [1.29, 1.82) is 0 Å². The standard InChI is InChI=1S/C19H20N2O.ClH/c1-14-12-17(21-10-6-3-7-11-21)19-16(20-14)13-18(22-19)15-8-4-2-5-9-15;/h2,4-5,8-9,12-13H,3,6-7,10-11H2,1H3;1H. The van der Waals surface area contributed by atoms with Gasteiger partial charge in [0.1, 0.15) is 11.3 Å². The molecule has 1 fully saturated rings. The number of aryl methyl sites for hydroxylation is 1. The van der Waals surface area contributed by atoms with Gasteiger partial charge < -0.3 is 9.32 Å². The predicted octanol–water partition coefficient (Wildman–Crippen LogP) is 5.22. The number of benzene rings is 1. The average Bonchev–Trinajstić information content (AvgIpc) is 2.99. The van der Waals surface area contributed by atoms with Gasteiger partial charge in [-0.05, 0) is 32.3 Å². The third-order valence-corrected chi connectivity index (χ3v) is 4.34. The molecule has 0 N–H and O–H groups in total. The molecule has 1 aliphatic rings. The number of rotatable bonds is 2. The van der Waals surface area contributed by atoms with E-state index in [0.29, 0.717) is 0 Å². The molecule has 23 heavy (non-hydrogen) atoms. The van der Waals surface area contributed by atoms with Gasteiger partial charge in [0.2, 0.25) is 0 Å². The zero-order valence-electron chi connectivity index (χ0n) is 13.3. The number of nitrogens with zero attached hydrogens (tertiary/aromatic N) is 2. The molecule has 2 aromatic heterocycles. The van der Waals surface area contributed by atoms with Crippen LogP contribution in [0.25, 0.3) is 22.4 Å². The highest BCUT2D eigenvalue weighted by atomic mass is 35.5. The smallest absolute Gasteiger partial charge is 0.176 e. The Kier molecular flexibility index (Phi) is 4.58. The first kappa shape index (κ1) is 15.9. The van der Waals surface area contributed by atoms with Crippen molar-refractivity contribution in [3.63, 3.8) is 0 Å². The van der Waals surface area contributed by atoms with Gasteiger partial charge in [-0.25, -0.2) is 4.98 Å². The van der Waals surface area contributed by atoms with E-state index in [1.54, 1.807) is 0 Å². The van der Waals surface area contributed by atoms with Crippen molar-refractivity contribution in [2.24, 2.45) is 0 Å². The lowest BCUT2D eigenvalue weighted by Crippen LogP contribution is -2.29. The highest BCUT2D eigenvalue weighted by Crippen LogP contribution is 2.34. The molecule has 1 aliphatic heterocycles. The van der Waals surface area contributed by atoms with E-state index in [1.165, 1.54) is 24.9 Å². The molecule has 120 valence electrons. The second-order valence-corrected chi connectivity index (χ2v) is 6.02. The predicted molar refractivity (Wildman–Crippen MR) is 97.5 cm³/mol. The maximum Gasteiger partial charge on any atom is 0.176 e. The normalized spacial score (nSPS) is 14.7. The van der Waals surface area contributed by atoms with E-state index in [1.807, 2.05) is 18.2 Å². The van der Waals surface area contributed by atoms with Crippen molar-refractivity contribution in [3.8, 4) is 11.3 Å². The van der Waals surface area contributed by atoms with Crippen molar-refractivity contribution in [3.05, 3.63) is 48.2 Å². The first-order chi connectivity index (χ1) is 10.8. The number of fused-ring (bicyclic) bond motifs is 1. The molecular weight excluding hydrogens is 308 g/mol. The summed E-state index contributed by atoms with van der Waals surface area (Å²) in [5.74, 6) is 0.895. The van der Waals surface area contributed by atoms with Crippen molar-refractivity contribution >= 4 is 29.2 Å². The van der Waals surface area contributed by atoms with Crippen molar-refractivity contribution in [2.45, 2.75) is 26.2 Å². The Morgan fingerprint density at radius 2 is 1.74 bits per heavy atom. The fourth-order valence-electron chi connectivity index (χ4n) is 3.25. The zero-order chi connectivity index (χ0) is 14.9. The van der Waals surface area contributed by atoms with Crippen LogP contribution in [0.1, 0.15) is 25.0 Å². The van der Waals surface area contributed by atoms with E-state index in [-0.39, 0.29) is 12.4 Å². The maximum absolute atomic E-state index is 6.19. The molecular formula is C19H21ClN2O. The minimum absolute atomic E-state index is 0. The van der Waals surface area contributed by atoms with Gasteiger partial charge in [-0.15, -0.1) is 12.4 Å². The molecule has 4 rings (SSSR count). The molecule has 0 unspecified atom stereocenters. The van der Waals surface area contributed by atoms with Gasteiger partial charge in [0, 0.05) is 30.4 Å². The van der Waals surface area contributed by atoms with E-state index < -0.39 is 0 Å². The molecule has 0 amide bonds. The second-order valence-electron chi connectivity index (χ2n) is 6.02.